The van der Waals surface area contributed by atoms with Gasteiger partial charge < -0.3 is 0 Å². The third kappa shape index (κ3) is 1.45. The van der Waals surface area contributed by atoms with Crippen LogP contribution in [0.5, 0.6) is 0 Å². The summed E-state index contributed by atoms with van der Waals surface area (Å²) < 4.78 is 9.04. The van der Waals surface area contributed by atoms with Crippen LogP contribution in [0.25, 0.3) is 0 Å². The molecule has 0 aromatic carbocycles. The highest BCUT2D eigenvalue weighted by Gasteiger charge is 1.74. The fraction of sp³-hybridized carbons (Fsp3) is 0. The Kier molecular flexibility index (Phi) is 1.78. The Morgan fingerprint density at radius 2 is 2.25 bits per heavy atom. The van der Waals surface area contributed by atoms with Crippen molar-refractivity contribution in [2.24, 2.45) is 0 Å². The molecule has 1 aromatic rings. The van der Waals surface area contributed by atoms with Gasteiger partial charge in [0.05, 0.1) is 0 Å². The highest BCUT2D eigenvalue weighted by molar-refractivity contribution is 7.42. The fourth-order valence-electron chi connectivity index (χ4n) is 0.311. The van der Waals surface area contributed by atoms with Crippen molar-refractivity contribution in [3.05, 3.63) is 24.2 Å². The monoisotopic (exact) mass is 131 g/mol. The fourth-order valence-corrected chi connectivity index (χ4v) is 0.779. The van der Waals surface area contributed by atoms with Crippen molar-refractivity contribution in [3.8, 4) is 0 Å². The van der Waals surface area contributed by atoms with E-state index in [1.807, 2.05) is 0 Å². The lowest BCUT2D eigenvalue weighted by Crippen LogP contribution is -1.66. The molecular formula is C4H6NO2P. The van der Waals surface area contributed by atoms with Gasteiger partial charge in [-0.25, -0.2) is 0 Å². The largest absolute Gasteiger partial charge is 0.295 e. The quantitative estimate of drug-likeness (QED) is 0.545. The first-order chi connectivity index (χ1) is 3.89. The van der Waals surface area contributed by atoms with Crippen LogP contribution in [-0.2, 0) is 0 Å². The zero-order chi connectivity index (χ0) is 5.82. The molecule has 0 aliphatic heterocycles. The molecule has 0 amide bonds. The molecule has 1 aromatic heterocycles. The Bertz CT molecular complexity index is 168. The molecule has 44 valence electrons. The van der Waals surface area contributed by atoms with Crippen molar-refractivity contribution in [2.45, 2.75) is 0 Å². The normalized spacial score (nSPS) is 10.9. The maximum atomic E-state index is 5.33. The van der Waals surface area contributed by atoms with Gasteiger partial charge in [0.25, 0.3) is 0 Å². The van der Waals surface area contributed by atoms with Gasteiger partial charge in [-0.1, -0.05) is 6.07 Å². The smallest absolute Gasteiger partial charge is 0.168 e. The standard InChI is InChI=1S/C4H6NO2P/c5-8-4-2-1-3-6-7-8/h1-4H,5H2. The van der Waals surface area contributed by atoms with Crippen LogP contribution >= 0.6 is 7.92 Å². The van der Waals surface area contributed by atoms with Gasteiger partial charge in [0, 0.05) is 5.80 Å². The molecule has 0 aliphatic carbocycles. The zero-order valence-corrected chi connectivity index (χ0v) is 5.04. The lowest BCUT2D eigenvalue weighted by molar-refractivity contribution is 0.0990. The Balaban J connectivity index is 3.12. The number of nitrogens with two attached hydrogens (primary N) is 1. The van der Waals surface area contributed by atoms with Crippen LogP contribution in [0.2, 0.25) is 0 Å². The van der Waals surface area contributed by atoms with E-state index in [-0.39, 0.29) is 0 Å². The molecule has 0 spiro atoms. The summed E-state index contributed by atoms with van der Waals surface area (Å²) in [5.41, 5.74) is 5.33. The van der Waals surface area contributed by atoms with Gasteiger partial charge >= 0.3 is 0 Å². The summed E-state index contributed by atoms with van der Waals surface area (Å²) >= 11 is 0. The summed E-state index contributed by atoms with van der Waals surface area (Å²) in [5, 5.41) is 0. The minimum absolute atomic E-state index is 0.984. The molecule has 0 fully saturated rings. The summed E-state index contributed by atoms with van der Waals surface area (Å²) in [7, 11) is -0.984. The van der Waals surface area contributed by atoms with Crippen LogP contribution in [-0.4, -0.2) is 0 Å². The average Bonchev–Trinajstić information content (AvgIpc) is 1.94. The van der Waals surface area contributed by atoms with Gasteiger partial charge in [-0.3, -0.25) is 14.4 Å². The van der Waals surface area contributed by atoms with E-state index in [2.05, 4.69) is 8.93 Å². The first-order valence-corrected chi connectivity index (χ1v) is 3.50. The topological polar surface area (TPSA) is 52.3 Å². The van der Waals surface area contributed by atoms with Crippen LogP contribution in [0.15, 0.2) is 33.1 Å². The first kappa shape index (κ1) is 5.48. The summed E-state index contributed by atoms with van der Waals surface area (Å²) in [6, 6.07) is 3.51. The second-order valence-electron chi connectivity index (χ2n) is 1.20. The lowest BCUT2D eigenvalue weighted by Gasteiger charge is -1.75. The third-order valence-corrected chi connectivity index (χ3v) is 1.33. The molecule has 0 saturated heterocycles. The van der Waals surface area contributed by atoms with E-state index in [0.29, 0.717) is 0 Å². The van der Waals surface area contributed by atoms with E-state index < -0.39 is 7.92 Å². The second kappa shape index (κ2) is 2.60. The lowest BCUT2D eigenvalue weighted by atomic mass is 10.7. The maximum absolute atomic E-state index is 5.33. The number of rotatable bonds is 0. The molecular weight excluding hydrogens is 125 g/mol. The van der Waals surface area contributed by atoms with Crippen molar-refractivity contribution < 1.29 is 8.93 Å². The SMILES string of the molecule is Np1ccccoo1. The molecule has 1 heterocycles. The van der Waals surface area contributed by atoms with Crippen molar-refractivity contribution >= 4 is 7.92 Å². The minimum Gasteiger partial charge on any atom is -0.295 e. The molecule has 1 unspecified atom stereocenters. The van der Waals surface area contributed by atoms with Crippen LogP contribution in [0.3, 0.4) is 0 Å². The van der Waals surface area contributed by atoms with Gasteiger partial charge in [0.15, 0.2) is 7.92 Å². The number of nitrogen functional groups attached to an aromatic ring is 1. The zero-order valence-electron chi connectivity index (χ0n) is 4.15. The van der Waals surface area contributed by atoms with Crippen molar-refractivity contribution in [2.75, 3.05) is 5.50 Å². The van der Waals surface area contributed by atoms with Crippen LogP contribution in [0.1, 0.15) is 0 Å². The molecule has 2 N–H and O–H groups in total. The first-order valence-electron chi connectivity index (χ1n) is 2.10. The van der Waals surface area contributed by atoms with Crippen molar-refractivity contribution in [1.82, 2.24) is 0 Å². The van der Waals surface area contributed by atoms with Crippen molar-refractivity contribution in [1.29, 1.82) is 0 Å². The highest BCUT2D eigenvalue weighted by Crippen LogP contribution is 2.10. The van der Waals surface area contributed by atoms with Crippen molar-refractivity contribution in [3.63, 3.8) is 0 Å². The van der Waals surface area contributed by atoms with E-state index in [4.69, 9.17) is 5.50 Å². The predicted molar refractivity (Wildman–Crippen MR) is 31.5 cm³/mol. The molecule has 0 aliphatic rings. The molecule has 0 radical (unpaired) electrons. The summed E-state index contributed by atoms with van der Waals surface area (Å²) in [6.45, 7) is 0. The van der Waals surface area contributed by atoms with Crippen LogP contribution < -0.4 is 5.50 Å². The van der Waals surface area contributed by atoms with E-state index in [1.54, 1.807) is 17.9 Å². The second-order valence-corrected chi connectivity index (χ2v) is 2.37. The van der Waals surface area contributed by atoms with Gasteiger partial charge in [-0.05, 0) is 6.07 Å². The summed E-state index contributed by atoms with van der Waals surface area (Å²) in [5.74, 6) is 1.75. The minimum atomic E-state index is -0.984. The van der Waals surface area contributed by atoms with E-state index >= 15 is 0 Å². The summed E-state index contributed by atoms with van der Waals surface area (Å²) in [6.07, 6.45) is 1.44. The Labute approximate surface area is 47.5 Å². The van der Waals surface area contributed by atoms with E-state index in [1.165, 1.54) is 6.26 Å². The highest BCUT2D eigenvalue weighted by atomic mass is 31.1. The van der Waals surface area contributed by atoms with Crippen LogP contribution in [0, 0.1) is 0 Å². The molecule has 8 heavy (non-hydrogen) atoms. The number of hydrogen-bond acceptors (Lipinski definition) is 3. The maximum Gasteiger partial charge on any atom is 0.168 e. The molecule has 1 atom stereocenters. The molecule has 0 saturated carbocycles. The molecule has 1 rings (SSSR count). The number of hydrogen-bond donors (Lipinski definition) is 1. The predicted octanol–water partition coefficient (Wildman–Crippen LogP) is 1.70. The van der Waals surface area contributed by atoms with E-state index in [9.17, 15) is 0 Å². The molecule has 3 nitrogen and oxygen atoms in total. The van der Waals surface area contributed by atoms with E-state index in [0.717, 1.165) is 0 Å². The Morgan fingerprint density at radius 3 is 3.12 bits per heavy atom. The third-order valence-electron chi connectivity index (χ3n) is 0.607. The van der Waals surface area contributed by atoms with Gasteiger partial charge in [0.2, 0.25) is 0 Å². The Morgan fingerprint density at radius 1 is 1.38 bits per heavy atom. The van der Waals surface area contributed by atoms with Crippen LogP contribution in [0.4, 0.5) is 0 Å². The molecule has 4 heteroatoms. The van der Waals surface area contributed by atoms with Gasteiger partial charge in [0.1, 0.15) is 6.26 Å². The Hall–Kier alpha value is -0.660. The van der Waals surface area contributed by atoms with Gasteiger partial charge in [-0.15, -0.1) is 0 Å². The average molecular weight is 131 g/mol. The summed E-state index contributed by atoms with van der Waals surface area (Å²) in [4.78, 5) is 0. The molecule has 0 bridgehead atoms. The van der Waals surface area contributed by atoms with Gasteiger partial charge in [-0.2, -0.15) is 0 Å².